The van der Waals surface area contributed by atoms with Crippen LogP contribution in [0, 0.1) is 12.7 Å². The van der Waals surface area contributed by atoms with E-state index in [9.17, 15) is 4.39 Å². The van der Waals surface area contributed by atoms with Crippen LogP contribution in [0.5, 0.6) is 0 Å². The van der Waals surface area contributed by atoms with E-state index >= 15 is 0 Å². The van der Waals surface area contributed by atoms with Gasteiger partial charge in [-0.05, 0) is 32.0 Å². The van der Waals surface area contributed by atoms with Gasteiger partial charge in [0.1, 0.15) is 11.3 Å². The molecule has 0 unspecified atom stereocenters. The normalized spacial score (nSPS) is 10.9. The Bertz CT molecular complexity index is 767. The van der Waals surface area contributed by atoms with Gasteiger partial charge in [-0.1, -0.05) is 11.6 Å². The number of aromatic nitrogens is 2. The number of aryl methyl sites for hydroxylation is 1. The molecule has 2 aromatic heterocycles. The Morgan fingerprint density at radius 2 is 2.15 bits per heavy atom. The molecule has 0 saturated carbocycles. The zero-order valence-corrected chi connectivity index (χ0v) is 11.3. The molecule has 0 bridgehead atoms. The average molecular weight is 271 g/mol. The highest BCUT2D eigenvalue weighted by atomic mass is 19.1. The summed E-state index contributed by atoms with van der Waals surface area (Å²) in [4.78, 5) is 8.04. The number of rotatable bonds is 3. The third-order valence-corrected chi connectivity index (χ3v) is 2.98. The minimum atomic E-state index is -0.498. The summed E-state index contributed by atoms with van der Waals surface area (Å²) < 4.78 is 19.6. The number of halogens is 1. The zero-order valence-electron chi connectivity index (χ0n) is 11.3. The largest absolute Gasteiger partial charge is 0.454 e. The molecule has 1 aromatic carbocycles. The SMILES string of the molecule is CCNc1ncc(F)c(-c2cc3cc(C)ccc3o2)n1. The van der Waals surface area contributed by atoms with Crippen molar-refractivity contribution in [3.8, 4) is 11.5 Å². The number of nitrogens with zero attached hydrogens (tertiary/aromatic N) is 2. The fourth-order valence-electron chi connectivity index (χ4n) is 2.06. The average Bonchev–Trinajstić information content (AvgIpc) is 2.84. The number of fused-ring (bicyclic) bond motifs is 1. The molecule has 102 valence electrons. The molecule has 0 amide bonds. The van der Waals surface area contributed by atoms with Crippen molar-refractivity contribution >= 4 is 16.9 Å². The highest BCUT2D eigenvalue weighted by molar-refractivity contribution is 5.82. The maximum atomic E-state index is 13.9. The fraction of sp³-hybridized carbons (Fsp3) is 0.200. The quantitative estimate of drug-likeness (QED) is 0.787. The molecule has 20 heavy (non-hydrogen) atoms. The van der Waals surface area contributed by atoms with Crippen molar-refractivity contribution in [3.05, 3.63) is 41.8 Å². The molecule has 0 aliphatic heterocycles. The number of hydrogen-bond donors (Lipinski definition) is 1. The van der Waals surface area contributed by atoms with E-state index in [0.717, 1.165) is 17.1 Å². The minimum Gasteiger partial charge on any atom is -0.454 e. The summed E-state index contributed by atoms with van der Waals surface area (Å²) >= 11 is 0. The molecule has 0 spiro atoms. The van der Waals surface area contributed by atoms with Crippen LogP contribution >= 0.6 is 0 Å². The van der Waals surface area contributed by atoms with Crippen molar-refractivity contribution in [2.24, 2.45) is 0 Å². The van der Waals surface area contributed by atoms with Gasteiger partial charge in [-0.2, -0.15) is 0 Å². The zero-order chi connectivity index (χ0) is 14.1. The molecular formula is C15H14FN3O. The number of nitrogens with one attached hydrogen (secondary N) is 1. The van der Waals surface area contributed by atoms with Gasteiger partial charge in [0, 0.05) is 11.9 Å². The monoisotopic (exact) mass is 271 g/mol. The predicted molar refractivity (Wildman–Crippen MR) is 76.1 cm³/mol. The fourth-order valence-corrected chi connectivity index (χ4v) is 2.06. The number of benzene rings is 1. The van der Waals surface area contributed by atoms with Crippen molar-refractivity contribution in [1.29, 1.82) is 0 Å². The van der Waals surface area contributed by atoms with E-state index in [-0.39, 0.29) is 5.69 Å². The van der Waals surface area contributed by atoms with Crippen molar-refractivity contribution in [1.82, 2.24) is 9.97 Å². The van der Waals surface area contributed by atoms with E-state index in [1.54, 1.807) is 6.07 Å². The van der Waals surface area contributed by atoms with Gasteiger partial charge in [0.15, 0.2) is 11.6 Å². The van der Waals surface area contributed by atoms with Crippen LogP contribution in [-0.2, 0) is 0 Å². The second-order valence-electron chi connectivity index (χ2n) is 4.57. The van der Waals surface area contributed by atoms with Crippen LogP contribution in [0.15, 0.2) is 34.9 Å². The Kier molecular flexibility index (Phi) is 3.10. The smallest absolute Gasteiger partial charge is 0.223 e. The van der Waals surface area contributed by atoms with Gasteiger partial charge in [-0.25, -0.2) is 14.4 Å². The van der Waals surface area contributed by atoms with E-state index < -0.39 is 5.82 Å². The Hall–Kier alpha value is -2.43. The van der Waals surface area contributed by atoms with E-state index in [4.69, 9.17) is 4.42 Å². The van der Waals surface area contributed by atoms with Crippen molar-refractivity contribution < 1.29 is 8.81 Å². The van der Waals surface area contributed by atoms with Crippen LogP contribution in [0.2, 0.25) is 0 Å². The van der Waals surface area contributed by atoms with Gasteiger partial charge in [-0.15, -0.1) is 0 Å². The summed E-state index contributed by atoms with van der Waals surface area (Å²) in [7, 11) is 0. The lowest BCUT2D eigenvalue weighted by atomic mass is 10.2. The number of hydrogen-bond acceptors (Lipinski definition) is 4. The highest BCUT2D eigenvalue weighted by Crippen LogP contribution is 2.29. The lowest BCUT2D eigenvalue weighted by Crippen LogP contribution is -2.03. The van der Waals surface area contributed by atoms with Gasteiger partial charge in [-0.3, -0.25) is 0 Å². The van der Waals surface area contributed by atoms with Crippen molar-refractivity contribution in [2.45, 2.75) is 13.8 Å². The predicted octanol–water partition coefficient (Wildman–Crippen LogP) is 3.77. The topological polar surface area (TPSA) is 51.0 Å². The molecule has 0 fully saturated rings. The standard InChI is InChI=1S/C15H14FN3O/c1-3-17-15-18-8-11(16)14(19-15)13-7-10-6-9(2)4-5-12(10)20-13/h4-8H,3H2,1-2H3,(H,17,18,19). The maximum absolute atomic E-state index is 13.9. The molecule has 2 heterocycles. The van der Waals surface area contributed by atoms with Crippen molar-refractivity contribution in [3.63, 3.8) is 0 Å². The van der Waals surface area contributed by atoms with Crippen LogP contribution < -0.4 is 5.32 Å². The molecule has 0 aliphatic rings. The lowest BCUT2D eigenvalue weighted by molar-refractivity contribution is 0.590. The molecule has 3 rings (SSSR count). The molecular weight excluding hydrogens is 257 g/mol. The summed E-state index contributed by atoms with van der Waals surface area (Å²) in [5.41, 5.74) is 2.01. The van der Waals surface area contributed by atoms with Crippen molar-refractivity contribution in [2.75, 3.05) is 11.9 Å². The first-order valence-electron chi connectivity index (χ1n) is 6.44. The molecule has 0 radical (unpaired) electrons. The molecule has 5 heteroatoms. The molecule has 1 N–H and O–H groups in total. The van der Waals surface area contributed by atoms with Gasteiger partial charge < -0.3 is 9.73 Å². The summed E-state index contributed by atoms with van der Waals surface area (Å²) in [6, 6.07) is 7.62. The van der Waals surface area contributed by atoms with E-state index in [1.165, 1.54) is 0 Å². The molecule has 0 aliphatic carbocycles. The summed E-state index contributed by atoms with van der Waals surface area (Å²) in [5, 5.41) is 3.89. The van der Waals surface area contributed by atoms with E-state index in [0.29, 0.717) is 23.8 Å². The summed E-state index contributed by atoms with van der Waals surface area (Å²) in [5.74, 6) is 0.299. The van der Waals surface area contributed by atoms with Gasteiger partial charge >= 0.3 is 0 Å². The summed E-state index contributed by atoms with van der Waals surface area (Å²) in [6.45, 7) is 4.60. The second-order valence-corrected chi connectivity index (χ2v) is 4.57. The highest BCUT2D eigenvalue weighted by Gasteiger charge is 2.14. The maximum Gasteiger partial charge on any atom is 0.223 e. The molecule has 4 nitrogen and oxygen atoms in total. The Labute approximate surface area is 115 Å². The third-order valence-electron chi connectivity index (χ3n) is 2.98. The Morgan fingerprint density at radius 1 is 1.30 bits per heavy atom. The summed E-state index contributed by atoms with van der Waals surface area (Å²) in [6.07, 6.45) is 1.15. The first kappa shape index (κ1) is 12.6. The Balaban J connectivity index is 2.12. The second kappa shape index (κ2) is 4.92. The van der Waals surface area contributed by atoms with Crippen LogP contribution in [-0.4, -0.2) is 16.5 Å². The van der Waals surface area contributed by atoms with Crippen LogP contribution in [0.1, 0.15) is 12.5 Å². The minimum absolute atomic E-state index is 0.171. The van der Waals surface area contributed by atoms with Crippen LogP contribution in [0.25, 0.3) is 22.4 Å². The Morgan fingerprint density at radius 3 is 2.95 bits per heavy atom. The first-order chi connectivity index (χ1) is 9.67. The van der Waals surface area contributed by atoms with E-state index in [2.05, 4.69) is 15.3 Å². The number of furan rings is 1. The van der Waals surface area contributed by atoms with Crippen LogP contribution in [0.4, 0.5) is 10.3 Å². The van der Waals surface area contributed by atoms with Gasteiger partial charge in [0.2, 0.25) is 5.95 Å². The lowest BCUT2D eigenvalue weighted by Gasteiger charge is -2.03. The van der Waals surface area contributed by atoms with E-state index in [1.807, 2.05) is 32.0 Å². The molecule has 0 atom stereocenters. The van der Waals surface area contributed by atoms with Crippen LogP contribution in [0.3, 0.4) is 0 Å². The molecule has 0 saturated heterocycles. The van der Waals surface area contributed by atoms with Gasteiger partial charge in [0.05, 0.1) is 6.20 Å². The number of anilines is 1. The van der Waals surface area contributed by atoms with Gasteiger partial charge in [0.25, 0.3) is 0 Å². The third kappa shape index (κ3) is 2.22. The molecule has 3 aromatic rings. The first-order valence-corrected chi connectivity index (χ1v) is 6.44.